The second kappa shape index (κ2) is 9.32. The minimum atomic E-state index is -3.49. The van der Waals surface area contributed by atoms with Gasteiger partial charge in [-0.3, -0.25) is 4.90 Å². The Kier molecular flexibility index (Phi) is 6.84. The van der Waals surface area contributed by atoms with E-state index in [1.165, 1.54) is 5.56 Å². The molecule has 1 fully saturated rings. The Morgan fingerprint density at radius 3 is 2.59 bits per heavy atom. The van der Waals surface area contributed by atoms with Crippen molar-refractivity contribution in [3.05, 3.63) is 60.2 Å². The van der Waals surface area contributed by atoms with E-state index in [-0.39, 0.29) is 11.0 Å². The lowest BCUT2D eigenvalue weighted by Gasteiger charge is -2.33. The summed E-state index contributed by atoms with van der Waals surface area (Å²) in [7, 11) is -1.94. The van der Waals surface area contributed by atoms with Gasteiger partial charge in [-0.1, -0.05) is 30.3 Å². The minimum Gasteiger partial charge on any atom is -0.497 e. The number of rotatable bonds is 8. The fourth-order valence-electron chi connectivity index (χ4n) is 3.12. The molecule has 146 valence electrons. The lowest BCUT2D eigenvalue weighted by Crippen LogP contribution is -2.39. The molecule has 1 aliphatic heterocycles. The van der Waals surface area contributed by atoms with Crippen molar-refractivity contribution in [1.29, 1.82) is 0 Å². The lowest BCUT2D eigenvalue weighted by molar-refractivity contribution is -0.0300. The van der Waals surface area contributed by atoms with Crippen LogP contribution in [-0.4, -0.2) is 53.2 Å². The molecule has 1 N–H and O–H groups in total. The number of sulfonamides is 1. The van der Waals surface area contributed by atoms with Crippen LogP contribution in [0.25, 0.3) is 0 Å². The van der Waals surface area contributed by atoms with Crippen LogP contribution < -0.4 is 9.46 Å². The molecule has 7 heteroatoms. The number of hydrogen-bond acceptors (Lipinski definition) is 5. The van der Waals surface area contributed by atoms with Gasteiger partial charge in [0.15, 0.2) is 0 Å². The van der Waals surface area contributed by atoms with Crippen LogP contribution in [0.15, 0.2) is 59.5 Å². The monoisotopic (exact) mass is 390 g/mol. The zero-order valence-corrected chi connectivity index (χ0v) is 16.3. The van der Waals surface area contributed by atoms with Gasteiger partial charge in [-0.15, -0.1) is 0 Å². The molecule has 0 bridgehead atoms. The summed E-state index contributed by atoms with van der Waals surface area (Å²) in [5.74, 6) is 0.634. The Balaban J connectivity index is 1.45. The van der Waals surface area contributed by atoms with Crippen molar-refractivity contribution in [2.45, 2.75) is 17.4 Å². The maximum absolute atomic E-state index is 12.3. The third-order valence-corrected chi connectivity index (χ3v) is 6.11. The Morgan fingerprint density at radius 2 is 1.89 bits per heavy atom. The van der Waals surface area contributed by atoms with Gasteiger partial charge in [0.1, 0.15) is 5.75 Å². The van der Waals surface area contributed by atoms with Crippen LogP contribution in [0.3, 0.4) is 0 Å². The predicted molar refractivity (Wildman–Crippen MR) is 104 cm³/mol. The zero-order chi connectivity index (χ0) is 19.1. The number of nitrogens with one attached hydrogen (secondary N) is 1. The molecule has 0 spiro atoms. The molecular formula is C20H26N2O4S. The first-order chi connectivity index (χ1) is 13.1. The van der Waals surface area contributed by atoms with E-state index >= 15 is 0 Å². The summed E-state index contributed by atoms with van der Waals surface area (Å²) in [4.78, 5) is 2.57. The van der Waals surface area contributed by atoms with Crippen LogP contribution in [0.4, 0.5) is 0 Å². The molecule has 0 aliphatic carbocycles. The molecule has 1 atom stereocenters. The molecule has 0 saturated carbocycles. The molecule has 0 unspecified atom stereocenters. The van der Waals surface area contributed by atoms with Crippen LogP contribution in [0, 0.1) is 0 Å². The van der Waals surface area contributed by atoms with Crippen molar-refractivity contribution in [2.24, 2.45) is 0 Å². The molecule has 0 radical (unpaired) electrons. The number of benzene rings is 2. The molecule has 1 aliphatic rings. The van der Waals surface area contributed by atoms with Crippen molar-refractivity contribution in [2.75, 3.05) is 39.9 Å². The van der Waals surface area contributed by atoms with Crippen LogP contribution >= 0.6 is 0 Å². The van der Waals surface area contributed by atoms with Crippen molar-refractivity contribution >= 4 is 10.0 Å². The number of hydrogen-bond donors (Lipinski definition) is 1. The largest absolute Gasteiger partial charge is 0.497 e. The summed E-state index contributed by atoms with van der Waals surface area (Å²) in [5.41, 5.74) is 1.18. The highest BCUT2D eigenvalue weighted by atomic mass is 32.2. The summed E-state index contributed by atoms with van der Waals surface area (Å²) in [5, 5.41) is 0. The van der Waals surface area contributed by atoms with Gasteiger partial charge in [0.25, 0.3) is 0 Å². The van der Waals surface area contributed by atoms with Crippen LogP contribution in [0.1, 0.15) is 18.1 Å². The molecule has 2 aromatic rings. The molecule has 3 rings (SSSR count). The molecule has 2 aromatic carbocycles. The van der Waals surface area contributed by atoms with E-state index in [2.05, 4.69) is 21.8 Å². The first-order valence-electron chi connectivity index (χ1n) is 9.11. The highest BCUT2D eigenvalue weighted by Crippen LogP contribution is 2.22. The van der Waals surface area contributed by atoms with E-state index in [1.54, 1.807) is 31.4 Å². The van der Waals surface area contributed by atoms with Gasteiger partial charge in [-0.05, 0) is 42.8 Å². The number of nitrogens with zero attached hydrogens (tertiary/aromatic N) is 1. The van der Waals surface area contributed by atoms with Gasteiger partial charge in [0.05, 0.1) is 24.7 Å². The Hall–Kier alpha value is -1.93. The molecule has 1 saturated heterocycles. The van der Waals surface area contributed by atoms with Crippen molar-refractivity contribution in [3.8, 4) is 5.75 Å². The minimum absolute atomic E-state index is 0.0796. The average molecular weight is 391 g/mol. The standard InChI is InChI=1S/C20H26N2O4S/c1-25-18-8-10-19(11-9-18)27(23,24)21-12-5-13-22-14-15-26-20(16-22)17-6-3-2-4-7-17/h2-4,6-11,20-21H,5,12-16H2,1H3/t20-/m1/s1. The first-order valence-corrected chi connectivity index (χ1v) is 10.6. The summed E-state index contributed by atoms with van der Waals surface area (Å²) in [6.45, 7) is 3.63. The molecule has 27 heavy (non-hydrogen) atoms. The highest BCUT2D eigenvalue weighted by molar-refractivity contribution is 7.89. The average Bonchev–Trinajstić information content (AvgIpc) is 2.72. The van der Waals surface area contributed by atoms with Crippen LogP contribution in [0.2, 0.25) is 0 Å². The van der Waals surface area contributed by atoms with E-state index in [0.29, 0.717) is 18.9 Å². The highest BCUT2D eigenvalue weighted by Gasteiger charge is 2.21. The SMILES string of the molecule is COc1ccc(S(=O)(=O)NCCCN2CCO[C@@H](c3ccccc3)C2)cc1. The van der Waals surface area contributed by atoms with Gasteiger partial charge < -0.3 is 9.47 Å². The fraction of sp³-hybridized carbons (Fsp3) is 0.400. The quantitative estimate of drug-likeness (QED) is 0.701. The predicted octanol–water partition coefficient (Wildman–Crippen LogP) is 2.44. The van der Waals surface area contributed by atoms with E-state index in [1.807, 2.05) is 18.2 Å². The Morgan fingerprint density at radius 1 is 1.15 bits per heavy atom. The van der Waals surface area contributed by atoms with Gasteiger partial charge in [-0.25, -0.2) is 13.1 Å². The lowest BCUT2D eigenvalue weighted by atomic mass is 10.1. The van der Waals surface area contributed by atoms with Crippen LogP contribution in [0.5, 0.6) is 5.75 Å². The molecule has 0 aromatic heterocycles. The topological polar surface area (TPSA) is 67.9 Å². The fourth-order valence-corrected chi connectivity index (χ4v) is 4.20. The van der Waals surface area contributed by atoms with Gasteiger partial charge in [0.2, 0.25) is 10.0 Å². The van der Waals surface area contributed by atoms with Crippen molar-refractivity contribution in [1.82, 2.24) is 9.62 Å². The number of methoxy groups -OCH3 is 1. The smallest absolute Gasteiger partial charge is 0.240 e. The van der Waals surface area contributed by atoms with Crippen molar-refractivity contribution < 1.29 is 17.9 Å². The molecule has 6 nitrogen and oxygen atoms in total. The molecule has 0 amide bonds. The van der Waals surface area contributed by atoms with E-state index < -0.39 is 10.0 Å². The van der Waals surface area contributed by atoms with E-state index in [0.717, 1.165) is 26.1 Å². The second-order valence-corrected chi connectivity index (χ2v) is 8.26. The normalized spacial score (nSPS) is 18.3. The third-order valence-electron chi connectivity index (χ3n) is 4.63. The van der Waals surface area contributed by atoms with E-state index in [4.69, 9.17) is 9.47 Å². The summed E-state index contributed by atoms with van der Waals surface area (Å²) >= 11 is 0. The summed E-state index contributed by atoms with van der Waals surface area (Å²) in [6, 6.07) is 16.6. The van der Waals surface area contributed by atoms with E-state index in [9.17, 15) is 8.42 Å². The van der Waals surface area contributed by atoms with Crippen LogP contribution in [-0.2, 0) is 14.8 Å². The second-order valence-electron chi connectivity index (χ2n) is 6.50. The van der Waals surface area contributed by atoms with Crippen molar-refractivity contribution in [3.63, 3.8) is 0 Å². The zero-order valence-electron chi connectivity index (χ0n) is 15.5. The third kappa shape index (κ3) is 5.52. The maximum Gasteiger partial charge on any atom is 0.240 e. The number of ether oxygens (including phenoxy) is 2. The molecule has 1 heterocycles. The number of morpholine rings is 1. The van der Waals surface area contributed by atoms with Gasteiger partial charge in [-0.2, -0.15) is 0 Å². The van der Waals surface area contributed by atoms with Gasteiger partial charge >= 0.3 is 0 Å². The Labute approximate surface area is 161 Å². The summed E-state index contributed by atoms with van der Waals surface area (Å²) in [6.07, 6.45) is 0.826. The Bertz CT molecular complexity index is 810. The van der Waals surface area contributed by atoms with Gasteiger partial charge in [0, 0.05) is 19.6 Å². The maximum atomic E-state index is 12.3. The first kappa shape index (κ1) is 19.8. The molecular weight excluding hydrogens is 364 g/mol. The summed E-state index contributed by atoms with van der Waals surface area (Å²) < 4.78 is 38.3.